The second-order valence-corrected chi connectivity index (χ2v) is 9.26. The van der Waals surface area contributed by atoms with Crippen molar-refractivity contribution in [3.05, 3.63) is 34.4 Å². The first-order chi connectivity index (χ1) is 12.7. The van der Waals surface area contributed by atoms with E-state index in [1.807, 2.05) is 12.1 Å². The van der Waals surface area contributed by atoms with E-state index in [-0.39, 0.29) is 5.54 Å². The Labute approximate surface area is 170 Å². The Morgan fingerprint density at radius 2 is 1.81 bits per heavy atom. The molecule has 0 bridgehead atoms. The fourth-order valence-corrected chi connectivity index (χ4v) is 4.92. The second-order valence-electron chi connectivity index (χ2n) is 8.48. The van der Waals surface area contributed by atoms with Crippen molar-refractivity contribution in [2.24, 2.45) is 23.5 Å². The maximum Gasteiger partial charge on any atom is 0.152 e. The smallest absolute Gasteiger partial charge is 0.152 e. The lowest BCUT2D eigenvalue weighted by Gasteiger charge is -2.29. The Balaban J connectivity index is 1.53. The zero-order valence-corrected chi connectivity index (χ0v) is 17.1. The maximum absolute atomic E-state index is 6.33. The summed E-state index contributed by atoms with van der Waals surface area (Å²) >= 11 is 12.4. The molecule has 1 unspecified atom stereocenters. The molecule has 2 aliphatic rings. The molecule has 1 aromatic carbocycles. The maximum atomic E-state index is 6.33. The average molecular weight is 406 g/mol. The van der Waals surface area contributed by atoms with Gasteiger partial charge < -0.3 is 16.4 Å². The van der Waals surface area contributed by atoms with Gasteiger partial charge in [-0.15, -0.1) is 0 Å². The van der Waals surface area contributed by atoms with Gasteiger partial charge in [-0.3, -0.25) is 0 Å². The van der Waals surface area contributed by atoms with Crippen molar-refractivity contribution in [1.82, 2.24) is 9.97 Å². The number of aromatic nitrogens is 2. The first-order valence-electron chi connectivity index (χ1n) is 9.34. The number of nitrogens with two attached hydrogens (primary N) is 2. The summed E-state index contributed by atoms with van der Waals surface area (Å²) in [5.74, 6) is 3.13. The van der Waals surface area contributed by atoms with E-state index < -0.39 is 0 Å². The van der Waals surface area contributed by atoms with E-state index in [0.717, 1.165) is 18.9 Å². The number of halogens is 2. The molecule has 0 spiro atoms. The summed E-state index contributed by atoms with van der Waals surface area (Å²) in [7, 11) is 0. The second kappa shape index (κ2) is 6.80. The molecule has 7 heteroatoms. The molecular formula is C20H25Cl2N5. The quantitative estimate of drug-likeness (QED) is 0.797. The Morgan fingerprint density at radius 1 is 1.15 bits per heavy atom. The van der Waals surface area contributed by atoms with E-state index in [2.05, 4.69) is 28.7 Å². The van der Waals surface area contributed by atoms with Gasteiger partial charge >= 0.3 is 0 Å². The summed E-state index contributed by atoms with van der Waals surface area (Å²) in [5.41, 5.74) is 13.7. The van der Waals surface area contributed by atoms with Gasteiger partial charge in [-0.25, -0.2) is 9.97 Å². The SMILES string of the molecule is CC(C)(N)[C@H]1CC2CN(c3cnc(-c4cccc(Cl)c4Cl)c(N)n3)C[C@@H]2C1. The van der Waals surface area contributed by atoms with Crippen molar-refractivity contribution in [1.29, 1.82) is 0 Å². The van der Waals surface area contributed by atoms with Crippen LogP contribution in [-0.2, 0) is 0 Å². The van der Waals surface area contributed by atoms with Crippen molar-refractivity contribution in [3.8, 4) is 11.3 Å². The Bertz CT molecular complexity index is 850. The molecular weight excluding hydrogens is 381 g/mol. The molecule has 1 saturated carbocycles. The van der Waals surface area contributed by atoms with E-state index in [1.165, 1.54) is 12.8 Å². The van der Waals surface area contributed by atoms with E-state index >= 15 is 0 Å². The lowest BCUT2D eigenvalue weighted by molar-refractivity contribution is 0.312. The lowest BCUT2D eigenvalue weighted by atomic mass is 9.86. The largest absolute Gasteiger partial charge is 0.382 e. The van der Waals surface area contributed by atoms with Gasteiger partial charge in [0.1, 0.15) is 11.5 Å². The summed E-state index contributed by atoms with van der Waals surface area (Å²) in [6.45, 7) is 6.26. The molecule has 0 amide bonds. The normalized spacial score (nSPS) is 25.1. The number of anilines is 2. The van der Waals surface area contributed by atoms with Crippen LogP contribution in [0.15, 0.2) is 24.4 Å². The molecule has 4 rings (SSSR count). The van der Waals surface area contributed by atoms with Gasteiger partial charge in [0.05, 0.1) is 16.2 Å². The molecule has 0 radical (unpaired) electrons. The van der Waals surface area contributed by atoms with Crippen LogP contribution in [0, 0.1) is 17.8 Å². The Kier molecular flexibility index (Phi) is 4.73. The third-order valence-corrected chi connectivity index (χ3v) is 6.94. The number of rotatable bonds is 3. The molecule has 4 N–H and O–H groups in total. The van der Waals surface area contributed by atoms with E-state index in [9.17, 15) is 0 Å². The van der Waals surface area contributed by atoms with Crippen LogP contribution in [0.4, 0.5) is 11.6 Å². The minimum Gasteiger partial charge on any atom is -0.382 e. The van der Waals surface area contributed by atoms with E-state index in [1.54, 1.807) is 12.3 Å². The van der Waals surface area contributed by atoms with Crippen molar-refractivity contribution >= 4 is 34.8 Å². The molecule has 1 aliphatic carbocycles. The molecule has 27 heavy (non-hydrogen) atoms. The molecule has 2 aromatic rings. The summed E-state index contributed by atoms with van der Waals surface area (Å²) in [4.78, 5) is 11.5. The van der Waals surface area contributed by atoms with Crippen molar-refractivity contribution in [3.63, 3.8) is 0 Å². The summed E-state index contributed by atoms with van der Waals surface area (Å²) in [5, 5.41) is 0.920. The minimum absolute atomic E-state index is 0.0999. The zero-order valence-electron chi connectivity index (χ0n) is 15.6. The number of benzene rings is 1. The van der Waals surface area contributed by atoms with Gasteiger partial charge in [-0.2, -0.15) is 0 Å². The highest BCUT2D eigenvalue weighted by molar-refractivity contribution is 6.43. The molecule has 2 fully saturated rings. The molecule has 144 valence electrons. The molecule has 3 atom stereocenters. The van der Waals surface area contributed by atoms with Crippen LogP contribution >= 0.6 is 23.2 Å². The predicted molar refractivity (Wildman–Crippen MR) is 112 cm³/mol. The molecule has 5 nitrogen and oxygen atoms in total. The van der Waals surface area contributed by atoms with Crippen molar-refractivity contribution < 1.29 is 0 Å². The van der Waals surface area contributed by atoms with Gasteiger partial charge in [-0.1, -0.05) is 35.3 Å². The fraction of sp³-hybridized carbons (Fsp3) is 0.500. The van der Waals surface area contributed by atoms with Gasteiger partial charge in [-0.05, 0) is 50.5 Å². The molecule has 2 heterocycles. The van der Waals surface area contributed by atoms with Gasteiger partial charge in [0.15, 0.2) is 5.82 Å². The number of nitrogens with zero attached hydrogens (tertiary/aromatic N) is 3. The zero-order chi connectivity index (χ0) is 19.3. The first-order valence-corrected chi connectivity index (χ1v) is 10.1. The third kappa shape index (κ3) is 3.48. The van der Waals surface area contributed by atoms with Crippen LogP contribution in [0.1, 0.15) is 26.7 Å². The molecule has 1 saturated heterocycles. The molecule has 1 aliphatic heterocycles. The van der Waals surface area contributed by atoms with E-state index in [4.69, 9.17) is 34.7 Å². The lowest BCUT2D eigenvalue weighted by Crippen LogP contribution is -2.40. The summed E-state index contributed by atoms with van der Waals surface area (Å²) in [6, 6.07) is 5.42. The number of hydrogen-bond acceptors (Lipinski definition) is 5. The van der Waals surface area contributed by atoms with E-state index in [0.29, 0.717) is 44.9 Å². The Morgan fingerprint density at radius 3 is 2.41 bits per heavy atom. The number of fused-ring (bicyclic) bond motifs is 1. The first kappa shape index (κ1) is 18.8. The highest BCUT2D eigenvalue weighted by atomic mass is 35.5. The summed E-state index contributed by atoms with van der Waals surface area (Å²) in [6.07, 6.45) is 4.15. The van der Waals surface area contributed by atoms with Crippen molar-refractivity contribution in [2.75, 3.05) is 23.7 Å². The van der Waals surface area contributed by atoms with Gasteiger partial charge in [0.2, 0.25) is 0 Å². The van der Waals surface area contributed by atoms with Crippen LogP contribution in [-0.4, -0.2) is 28.6 Å². The monoisotopic (exact) mass is 405 g/mol. The van der Waals surface area contributed by atoms with Crippen molar-refractivity contribution in [2.45, 2.75) is 32.2 Å². The van der Waals surface area contributed by atoms with Crippen LogP contribution < -0.4 is 16.4 Å². The summed E-state index contributed by atoms with van der Waals surface area (Å²) < 4.78 is 0. The number of nitrogen functional groups attached to an aromatic ring is 1. The van der Waals surface area contributed by atoms with Crippen LogP contribution in [0.3, 0.4) is 0 Å². The third-order valence-electron chi connectivity index (χ3n) is 6.12. The van der Waals surface area contributed by atoms with Crippen LogP contribution in [0.2, 0.25) is 10.0 Å². The predicted octanol–water partition coefficient (Wildman–Crippen LogP) is 4.23. The average Bonchev–Trinajstić information content (AvgIpc) is 3.16. The Hall–Kier alpha value is -1.56. The minimum atomic E-state index is -0.0999. The van der Waals surface area contributed by atoms with Gasteiger partial charge in [0, 0.05) is 24.2 Å². The van der Waals surface area contributed by atoms with Crippen LogP contribution in [0.5, 0.6) is 0 Å². The van der Waals surface area contributed by atoms with Gasteiger partial charge in [0.25, 0.3) is 0 Å². The highest BCUT2D eigenvalue weighted by Gasteiger charge is 2.45. The standard InChI is InChI=1S/C20H25Cl2N5/c1-20(2,24)13-6-11-9-27(10-12(11)7-13)16-8-25-18(19(23)26-16)14-4-3-5-15(21)17(14)22/h3-5,8,11-13H,6-7,9-10,24H2,1-2H3,(H2,23,26)/t11-,12?,13+/m0/s1. The van der Waals surface area contributed by atoms with Crippen LogP contribution in [0.25, 0.3) is 11.3 Å². The topological polar surface area (TPSA) is 81.1 Å². The number of hydrogen-bond donors (Lipinski definition) is 2. The fourth-order valence-electron chi connectivity index (χ4n) is 4.53. The molecule has 1 aromatic heterocycles. The highest BCUT2D eigenvalue weighted by Crippen LogP contribution is 2.46.